The lowest BCUT2D eigenvalue weighted by atomic mass is 9.78. The number of carbonyl (C=O) groups is 1. The monoisotopic (exact) mass is 383 g/mol. The Kier molecular flexibility index (Phi) is 7.32. The van der Waals surface area contributed by atoms with E-state index < -0.39 is 0 Å². The van der Waals surface area contributed by atoms with Gasteiger partial charge in [-0.3, -0.25) is 15.6 Å². The van der Waals surface area contributed by atoms with Gasteiger partial charge in [0.1, 0.15) is 5.75 Å². The van der Waals surface area contributed by atoms with Crippen molar-refractivity contribution in [3.8, 4) is 5.75 Å². The molecule has 0 unspecified atom stereocenters. The standard InChI is InChI=1S/C18H26ClN3O2S/c1-11-5-4-6-15(12(11)2)20-18(25)22-21-17(23)10-13-9-14(19)7-8-16(13)24-3/h7-9,11-12,15H,4-6,10H2,1-3H3,(H,21,23)(H2,20,22,25)/t11-,12-,15-/m1/s1. The molecule has 1 aromatic rings. The lowest BCUT2D eigenvalue weighted by Gasteiger charge is -2.35. The zero-order valence-electron chi connectivity index (χ0n) is 14.9. The van der Waals surface area contributed by atoms with Gasteiger partial charge in [0.15, 0.2) is 5.11 Å². The Balaban J connectivity index is 1.81. The number of halogens is 1. The van der Waals surface area contributed by atoms with E-state index >= 15 is 0 Å². The number of rotatable bonds is 4. The van der Waals surface area contributed by atoms with Crippen LogP contribution in [0.3, 0.4) is 0 Å². The molecule has 3 N–H and O–H groups in total. The van der Waals surface area contributed by atoms with Crippen LogP contribution in [0.1, 0.15) is 38.7 Å². The second kappa shape index (κ2) is 9.25. The van der Waals surface area contributed by atoms with E-state index in [1.807, 2.05) is 0 Å². The first kappa shape index (κ1) is 19.8. The predicted molar refractivity (Wildman–Crippen MR) is 105 cm³/mol. The van der Waals surface area contributed by atoms with Crippen LogP contribution in [0.25, 0.3) is 0 Å². The van der Waals surface area contributed by atoms with Crippen LogP contribution in [0.5, 0.6) is 5.75 Å². The normalized spacial score (nSPS) is 22.8. The lowest BCUT2D eigenvalue weighted by molar-refractivity contribution is -0.121. The van der Waals surface area contributed by atoms with Crippen LogP contribution in [-0.4, -0.2) is 24.2 Å². The van der Waals surface area contributed by atoms with Gasteiger partial charge < -0.3 is 10.1 Å². The summed E-state index contributed by atoms with van der Waals surface area (Å²) in [4.78, 5) is 12.1. The summed E-state index contributed by atoms with van der Waals surface area (Å²) in [6.45, 7) is 4.52. The molecule has 0 bridgehead atoms. The van der Waals surface area contributed by atoms with E-state index in [-0.39, 0.29) is 12.3 Å². The first-order valence-electron chi connectivity index (χ1n) is 8.58. The molecule has 1 aliphatic rings. The Labute approximate surface area is 159 Å². The van der Waals surface area contributed by atoms with E-state index in [1.165, 1.54) is 12.8 Å². The first-order chi connectivity index (χ1) is 11.9. The molecule has 1 fully saturated rings. The molecule has 1 saturated carbocycles. The molecule has 25 heavy (non-hydrogen) atoms. The topological polar surface area (TPSA) is 62.4 Å². The minimum Gasteiger partial charge on any atom is -0.496 e. The highest BCUT2D eigenvalue weighted by Gasteiger charge is 2.27. The summed E-state index contributed by atoms with van der Waals surface area (Å²) in [5, 5.41) is 4.32. The van der Waals surface area contributed by atoms with Gasteiger partial charge in [-0.05, 0) is 48.7 Å². The number of amides is 1. The van der Waals surface area contributed by atoms with Gasteiger partial charge in [0.2, 0.25) is 5.91 Å². The second-order valence-corrected chi connectivity index (χ2v) is 7.50. The van der Waals surface area contributed by atoms with E-state index in [0.29, 0.717) is 33.8 Å². The van der Waals surface area contributed by atoms with Gasteiger partial charge in [-0.1, -0.05) is 38.3 Å². The molecule has 0 radical (unpaired) electrons. The molecule has 7 heteroatoms. The number of methoxy groups -OCH3 is 1. The summed E-state index contributed by atoms with van der Waals surface area (Å²) >= 11 is 11.3. The molecule has 1 aliphatic carbocycles. The maximum Gasteiger partial charge on any atom is 0.242 e. The molecule has 3 atom stereocenters. The largest absolute Gasteiger partial charge is 0.496 e. The zero-order chi connectivity index (χ0) is 18.4. The number of carbonyl (C=O) groups excluding carboxylic acids is 1. The number of thiocarbonyl (C=S) groups is 1. The number of nitrogens with one attached hydrogen (secondary N) is 3. The maximum atomic E-state index is 12.1. The fraction of sp³-hybridized carbons (Fsp3) is 0.556. The number of benzene rings is 1. The molecule has 0 aliphatic heterocycles. The Morgan fingerprint density at radius 2 is 2.08 bits per heavy atom. The van der Waals surface area contributed by atoms with Gasteiger partial charge in [0.25, 0.3) is 0 Å². The van der Waals surface area contributed by atoms with Crippen molar-refractivity contribution in [3.05, 3.63) is 28.8 Å². The van der Waals surface area contributed by atoms with Gasteiger partial charge in [-0.2, -0.15) is 0 Å². The van der Waals surface area contributed by atoms with Crippen molar-refractivity contribution in [1.82, 2.24) is 16.2 Å². The molecule has 0 heterocycles. The average molecular weight is 384 g/mol. The van der Waals surface area contributed by atoms with Crippen molar-refractivity contribution in [2.75, 3.05) is 7.11 Å². The molecule has 0 saturated heterocycles. The van der Waals surface area contributed by atoms with E-state index in [0.717, 1.165) is 12.0 Å². The summed E-state index contributed by atoms with van der Waals surface area (Å²) in [7, 11) is 1.56. The first-order valence-corrected chi connectivity index (χ1v) is 9.37. The average Bonchev–Trinajstić information content (AvgIpc) is 2.57. The van der Waals surface area contributed by atoms with Crippen LogP contribution in [0, 0.1) is 11.8 Å². The third-order valence-electron chi connectivity index (χ3n) is 4.93. The Hall–Kier alpha value is -1.53. The second-order valence-electron chi connectivity index (χ2n) is 6.65. The summed E-state index contributed by atoms with van der Waals surface area (Å²) in [5.74, 6) is 1.65. The molecule has 5 nitrogen and oxygen atoms in total. The highest BCUT2D eigenvalue weighted by molar-refractivity contribution is 7.80. The van der Waals surface area contributed by atoms with Crippen LogP contribution >= 0.6 is 23.8 Å². The molecule has 0 aromatic heterocycles. The van der Waals surface area contributed by atoms with Gasteiger partial charge in [-0.25, -0.2) is 0 Å². The maximum absolute atomic E-state index is 12.1. The van der Waals surface area contributed by atoms with Gasteiger partial charge in [0, 0.05) is 16.6 Å². The molecular weight excluding hydrogens is 358 g/mol. The lowest BCUT2D eigenvalue weighted by Crippen LogP contribution is -2.52. The number of ether oxygens (including phenoxy) is 1. The van der Waals surface area contributed by atoms with E-state index in [1.54, 1.807) is 25.3 Å². The fourth-order valence-corrected chi connectivity index (χ4v) is 3.62. The van der Waals surface area contributed by atoms with Crippen LogP contribution in [0.15, 0.2) is 18.2 Å². The smallest absolute Gasteiger partial charge is 0.242 e. The number of hydrazine groups is 1. The van der Waals surface area contributed by atoms with Gasteiger partial charge in [-0.15, -0.1) is 0 Å². The molecule has 1 aromatic carbocycles. The fourth-order valence-electron chi connectivity index (χ4n) is 3.22. The number of hydrogen-bond donors (Lipinski definition) is 3. The molecule has 0 spiro atoms. The predicted octanol–water partition coefficient (Wildman–Crippen LogP) is 3.21. The molecule has 1 amide bonds. The molecular formula is C18H26ClN3O2S. The van der Waals surface area contributed by atoms with E-state index in [9.17, 15) is 4.79 Å². The molecule has 138 valence electrons. The number of hydrogen-bond acceptors (Lipinski definition) is 3. The van der Waals surface area contributed by atoms with Crippen molar-refractivity contribution in [3.63, 3.8) is 0 Å². The third-order valence-corrected chi connectivity index (χ3v) is 5.39. The van der Waals surface area contributed by atoms with Crippen molar-refractivity contribution in [1.29, 1.82) is 0 Å². The Bertz CT molecular complexity index is 626. The van der Waals surface area contributed by atoms with Gasteiger partial charge >= 0.3 is 0 Å². The van der Waals surface area contributed by atoms with Crippen LogP contribution < -0.4 is 20.9 Å². The Morgan fingerprint density at radius 1 is 1.32 bits per heavy atom. The summed E-state index contributed by atoms with van der Waals surface area (Å²) in [6, 6.07) is 5.54. The summed E-state index contributed by atoms with van der Waals surface area (Å²) in [5.41, 5.74) is 6.14. The quantitative estimate of drug-likeness (QED) is 0.550. The highest BCUT2D eigenvalue weighted by Crippen LogP contribution is 2.29. The van der Waals surface area contributed by atoms with Crippen molar-refractivity contribution in [2.24, 2.45) is 11.8 Å². The minimum absolute atomic E-state index is 0.149. The zero-order valence-corrected chi connectivity index (χ0v) is 16.5. The summed E-state index contributed by atoms with van der Waals surface area (Å²) in [6.07, 6.45) is 3.71. The van der Waals surface area contributed by atoms with E-state index in [4.69, 9.17) is 28.6 Å². The van der Waals surface area contributed by atoms with E-state index in [2.05, 4.69) is 30.0 Å². The SMILES string of the molecule is COc1ccc(Cl)cc1CC(=O)NNC(=S)N[C@@H]1CCC[C@@H](C)[C@H]1C. The van der Waals surface area contributed by atoms with Crippen molar-refractivity contribution < 1.29 is 9.53 Å². The van der Waals surface area contributed by atoms with Crippen LogP contribution in [-0.2, 0) is 11.2 Å². The van der Waals surface area contributed by atoms with Gasteiger partial charge in [0.05, 0.1) is 13.5 Å². The van der Waals surface area contributed by atoms with Crippen molar-refractivity contribution in [2.45, 2.75) is 45.6 Å². The van der Waals surface area contributed by atoms with Crippen molar-refractivity contribution >= 4 is 34.8 Å². The molecule has 2 rings (SSSR count). The van der Waals surface area contributed by atoms with Crippen LogP contribution in [0.4, 0.5) is 0 Å². The highest BCUT2D eigenvalue weighted by atomic mass is 35.5. The van der Waals surface area contributed by atoms with Crippen LogP contribution in [0.2, 0.25) is 5.02 Å². The minimum atomic E-state index is -0.213. The Morgan fingerprint density at radius 3 is 2.80 bits per heavy atom. The third kappa shape index (κ3) is 5.75. The summed E-state index contributed by atoms with van der Waals surface area (Å²) < 4.78 is 5.25.